The molecule has 0 aliphatic rings. The van der Waals surface area contributed by atoms with Crippen molar-refractivity contribution in [3.63, 3.8) is 0 Å². The predicted molar refractivity (Wildman–Crippen MR) is 61.8 cm³/mol. The second-order valence-electron chi connectivity index (χ2n) is 4.08. The molecule has 1 atom stereocenters. The van der Waals surface area contributed by atoms with Gasteiger partial charge in [0.2, 0.25) is 0 Å². The number of aliphatic carboxylic acids is 1. The van der Waals surface area contributed by atoms with Crippen LogP contribution in [0.1, 0.15) is 12.5 Å². The molecule has 0 aliphatic heterocycles. The van der Waals surface area contributed by atoms with E-state index in [0.717, 1.165) is 5.56 Å². The minimum Gasteiger partial charge on any atom is -0.491 e. The summed E-state index contributed by atoms with van der Waals surface area (Å²) in [5.41, 5.74) is 5.06. The number of rotatable bonds is 6. The lowest BCUT2D eigenvalue weighted by atomic mass is 9.94. The van der Waals surface area contributed by atoms with Crippen LogP contribution in [0.5, 0.6) is 5.75 Å². The fourth-order valence-corrected chi connectivity index (χ4v) is 1.40. The number of hydrogen-bond donors (Lipinski definition) is 2. The zero-order valence-electron chi connectivity index (χ0n) is 9.65. The third-order valence-electron chi connectivity index (χ3n) is 2.30. The minimum absolute atomic E-state index is 0.0116. The van der Waals surface area contributed by atoms with E-state index in [1.165, 1.54) is 6.92 Å². The number of benzene rings is 1. The second-order valence-corrected chi connectivity index (χ2v) is 4.08. The largest absolute Gasteiger partial charge is 0.491 e. The van der Waals surface area contributed by atoms with Crippen LogP contribution in [-0.4, -0.2) is 29.9 Å². The number of carboxylic acids is 1. The van der Waals surface area contributed by atoms with E-state index in [1.54, 1.807) is 24.3 Å². The van der Waals surface area contributed by atoms with Gasteiger partial charge in [0.25, 0.3) is 0 Å². The highest BCUT2D eigenvalue weighted by Crippen LogP contribution is 2.17. The van der Waals surface area contributed by atoms with E-state index in [1.807, 2.05) is 0 Å². The zero-order chi connectivity index (χ0) is 12.9. The molecule has 4 nitrogen and oxygen atoms in total. The molecule has 5 heteroatoms. The molecule has 0 fully saturated rings. The molecular formula is C12H16FNO3. The van der Waals surface area contributed by atoms with Gasteiger partial charge < -0.3 is 15.6 Å². The number of nitrogens with two attached hydrogens (primary N) is 1. The summed E-state index contributed by atoms with van der Waals surface area (Å²) >= 11 is 0. The van der Waals surface area contributed by atoms with Gasteiger partial charge in [0.15, 0.2) is 0 Å². The first-order valence-corrected chi connectivity index (χ1v) is 5.25. The van der Waals surface area contributed by atoms with E-state index in [4.69, 9.17) is 15.6 Å². The fraction of sp³-hybridized carbons (Fsp3) is 0.417. The van der Waals surface area contributed by atoms with E-state index >= 15 is 0 Å². The summed E-state index contributed by atoms with van der Waals surface area (Å²) in [4.78, 5) is 10.9. The van der Waals surface area contributed by atoms with E-state index in [-0.39, 0.29) is 13.0 Å². The quantitative estimate of drug-likeness (QED) is 0.789. The van der Waals surface area contributed by atoms with Crippen molar-refractivity contribution < 1.29 is 19.0 Å². The molecule has 0 bridgehead atoms. The number of hydrogen-bond acceptors (Lipinski definition) is 3. The average Bonchev–Trinajstić information content (AvgIpc) is 2.26. The Hall–Kier alpha value is -1.62. The molecule has 0 aliphatic carbocycles. The minimum atomic E-state index is -1.32. The van der Waals surface area contributed by atoms with Crippen LogP contribution < -0.4 is 10.5 Å². The summed E-state index contributed by atoms with van der Waals surface area (Å²) in [5, 5.41) is 8.91. The van der Waals surface area contributed by atoms with Crippen molar-refractivity contribution in [2.75, 3.05) is 13.3 Å². The summed E-state index contributed by atoms with van der Waals surface area (Å²) in [6.45, 7) is 0.876. The maximum absolute atomic E-state index is 11.9. The van der Waals surface area contributed by atoms with Gasteiger partial charge in [-0.2, -0.15) is 0 Å². The van der Waals surface area contributed by atoms with E-state index in [9.17, 15) is 9.18 Å². The van der Waals surface area contributed by atoms with Gasteiger partial charge >= 0.3 is 5.97 Å². The van der Waals surface area contributed by atoms with Gasteiger partial charge in [-0.05, 0) is 24.6 Å². The van der Waals surface area contributed by atoms with Crippen LogP contribution in [0.4, 0.5) is 4.39 Å². The van der Waals surface area contributed by atoms with Gasteiger partial charge in [0.1, 0.15) is 24.6 Å². The maximum atomic E-state index is 11.9. The third-order valence-corrected chi connectivity index (χ3v) is 2.30. The smallest absolute Gasteiger partial charge is 0.323 e. The Morgan fingerprint density at radius 2 is 2.29 bits per heavy atom. The lowest BCUT2D eigenvalue weighted by molar-refractivity contribution is -0.142. The number of alkyl halides is 1. The van der Waals surface area contributed by atoms with Gasteiger partial charge in [-0.25, -0.2) is 4.39 Å². The average molecular weight is 241 g/mol. The van der Waals surface area contributed by atoms with Gasteiger partial charge in [-0.15, -0.1) is 0 Å². The first-order valence-electron chi connectivity index (χ1n) is 5.25. The summed E-state index contributed by atoms with van der Waals surface area (Å²) in [6.07, 6.45) is 0.190. The normalized spacial score (nSPS) is 14.1. The van der Waals surface area contributed by atoms with Crippen molar-refractivity contribution in [2.45, 2.75) is 18.9 Å². The zero-order valence-corrected chi connectivity index (χ0v) is 9.65. The van der Waals surface area contributed by atoms with Crippen molar-refractivity contribution in [1.82, 2.24) is 0 Å². The molecule has 0 spiro atoms. The first kappa shape index (κ1) is 13.4. The molecule has 1 aromatic carbocycles. The van der Waals surface area contributed by atoms with Crippen molar-refractivity contribution >= 4 is 5.97 Å². The fourth-order valence-electron chi connectivity index (χ4n) is 1.40. The monoisotopic (exact) mass is 241 g/mol. The molecule has 0 amide bonds. The summed E-state index contributed by atoms with van der Waals surface area (Å²) < 4.78 is 17.0. The molecule has 17 heavy (non-hydrogen) atoms. The molecule has 94 valence electrons. The molecule has 1 aromatic rings. The number of halogens is 1. The van der Waals surface area contributed by atoms with Crippen molar-refractivity contribution in [3.8, 4) is 5.75 Å². The Bertz CT molecular complexity index is 393. The number of ether oxygens (including phenoxy) is 1. The van der Waals surface area contributed by atoms with Gasteiger partial charge in [0.05, 0.1) is 0 Å². The van der Waals surface area contributed by atoms with Crippen LogP contribution >= 0.6 is 0 Å². The highest BCUT2D eigenvalue weighted by molar-refractivity contribution is 5.78. The van der Waals surface area contributed by atoms with Crippen molar-refractivity contribution in [2.24, 2.45) is 5.73 Å². The lowest BCUT2D eigenvalue weighted by Crippen LogP contribution is -2.46. The van der Waals surface area contributed by atoms with Crippen LogP contribution in [0, 0.1) is 0 Å². The standard InChI is InChI=1S/C12H16FNO3/c1-12(14,11(15)16)8-9-3-2-4-10(7-9)17-6-5-13/h2-4,7H,5-6,8,14H2,1H3,(H,15,16)/t12-/m0/s1. The Morgan fingerprint density at radius 1 is 1.59 bits per heavy atom. The van der Waals surface area contributed by atoms with Crippen LogP contribution in [0.15, 0.2) is 24.3 Å². The lowest BCUT2D eigenvalue weighted by Gasteiger charge is -2.19. The van der Waals surface area contributed by atoms with Gasteiger partial charge in [-0.1, -0.05) is 12.1 Å². The topological polar surface area (TPSA) is 72.5 Å². The Labute approximate surface area is 99.2 Å². The summed E-state index contributed by atoms with van der Waals surface area (Å²) in [7, 11) is 0. The van der Waals surface area contributed by atoms with E-state index in [2.05, 4.69) is 0 Å². The second kappa shape index (κ2) is 5.63. The van der Waals surface area contributed by atoms with Gasteiger partial charge in [0, 0.05) is 6.42 Å². The maximum Gasteiger partial charge on any atom is 0.323 e. The SMILES string of the molecule is C[C@](N)(Cc1cccc(OCCF)c1)C(=O)O. The molecule has 3 N–H and O–H groups in total. The molecular weight excluding hydrogens is 225 g/mol. The summed E-state index contributed by atoms with van der Waals surface area (Å²) in [6, 6.07) is 6.84. The molecule has 0 saturated carbocycles. The summed E-state index contributed by atoms with van der Waals surface area (Å²) in [5.74, 6) is -0.547. The van der Waals surface area contributed by atoms with Crippen LogP contribution in [-0.2, 0) is 11.2 Å². The molecule has 0 radical (unpaired) electrons. The molecule has 0 saturated heterocycles. The third kappa shape index (κ3) is 4.03. The number of carbonyl (C=O) groups is 1. The molecule has 1 rings (SSSR count). The first-order chi connectivity index (χ1) is 7.95. The van der Waals surface area contributed by atoms with E-state index < -0.39 is 18.2 Å². The highest BCUT2D eigenvalue weighted by Gasteiger charge is 2.28. The molecule has 0 unspecified atom stereocenters. The Kier molecular flexibility index (Phi) is 4.45. The Balaban J connectivity index is 2.75. The van der Waals surface area contributed by atoms with Crippen molar-refractivity contribution in [3.05, 3.63) is 29.8 Å². The van der Waals surface area contributed by atoms with E-state index in [0.29, 0.717) is 5.75 Å². The number of carboxylic acid groups (broad SMARTS) is 1. The van der Waals surface area contributed by atoms with Crippen molar-refractivity contribution in [1.29, 1.82) is 0 Å². The molecule has 0 heterocycles. The highest BCUT2D eigenvalue weighted by atomic mass is 19.1. The predicted octanol–water partition coefficient (Wildman–Crippen LogP) is 1.38. The van der Waals surface area contributed by atoms with Crippen LogP contribution in [0.25, 0.3) is 0 Å². The van der Waals surface area contributed by atoms with Crippen LogP contribution in [0.2, 0.25) is 0 Å². The Morgan fingerprint density at radius 3 is 2.88 bits per heavy atom. The van der Waals surface area contributed by atoms with Crippen LogP contribution in [0.3, 0.4) is 0 Å². The van der Waals surface area contributed by atoms with Gasteiger partial charge in [-0.3, -0.25) is 4.79 Å². The molecule has 0 aromatic heterocycles.